The topological polar surface area (TPSA) is 49.4 Å². The Bertz CT molecular complexity index is 616. The quantitative estimate of drug-likeness (QED) is 0.821. The van der Waals surface area contributed by atoms with E-state index in [1.54, 1.807) is 13.1 Å². The summed E-state index contributed by atoms with van der Waals surface area (Å²) in [6.07, 6.45) is 2.19. The molecule has 0 amide bonds. The van der Waals surface area contributed by atoms with Gasteiger partial charge in [0.25, 0.3) is 0 Å². The Morgan fingerprint density at radius 3 is 2.57 bits per heavy atom. The summed E-state index contributed by atoms with van der Waals surface area (Å²) in [5.41, 5.74) is 0.626. The second kappa shape index (κ2) is 6.84. The lowest BCUT2D eigenvalue weighted by Crippen LogP contribution is -2.29. The minimum atomic E-state index is -3.57. The minimum Gasteiger partial charge on any atom is -0.313 e. The minimum absolute atomic E-state index is 0.129. The molecule has 118 valence electrons. The Morgan fingerprint density at radius 1 is 1.33 bits per heavy atom. The van der Waals surface area contributed by atoms with E-state index in [1.807, 2.05) is 6.92 Å². The summed E-state index contributed by atoms with van der Waals surface area (Å²) < 4.78 is 26.6. The Morgan fingerprint density at radius 2 is 2.00 bits per heavy atom. The van der Waals surface area contributed by atoms with Gasteiger partial charge in [-0.2, -0.15) is 0 Å². The first-order valence-electron chi connectivity index (χ1n) is 7.01. The summed E-state index contributed by atoms with van der Waals surface area (Å²) >= 11 is 12.4. The number of rotatable bonds is 7. The summed E-state index contributed by atoms with van der Waals surface area (Å²) in [7, 11) is -1.97. The van der Waals surface area contributed by atoms with Gasteiger partial charge in [-0.25, -0.2) is 12.7 Å². The van der Waals surface area contributed by atoms with Gasteiger partial charge in [0.1, 0.15) is 4.90 Å². The summed E-state index contributed by atoms with van der Waals surface area (Å²) in [6, 6.07) is 3.08. The maximum atomic E-state index is 12.6. The van der Waals surface area contributed by atoms with Crippen LogP contribution in [0, 0.1) is 5.92 Å². The highest BCUT2D eigenvalue weighted by atomic mass is 35.5. The lowest BCUT2D eigenvalue weighted by atomic mass is 10.2. The molecule has 0 aromatic heterocycles. The van der Waals surface area contributed by atoms with Gasteiger partial charge in [0.2, 0.25) is 10.0 Å². The second-order valence-corrected chi connectivity index (χ2v) is 8.15. The van der Waals surface area contributed by atoms with Crippen molar-refractivity contribution in [1.29, 1.82) is 0 Å². The van der Waals surface area contributed by atoms with Crippen molar-refractivity contribution in [2.24, 2.45) is 5.92 Å². The van der Waals surface area contributed by atoms with Gasteiger partial charge in [0.15, 0.2) is 0 Å². The molecular weight excluding hydrogens is 331 g/mol. The molecule has 1 fully saturated rings. The molecule has 0 heterocycles. The normalized spacial score (nSPS) is 15.7. The number of halogens is 2. The van der Waals surface area contributed by atoms with Crippen molar-refractivity contribution in [1.82, 2.24) is 9.62 Å². The fourth-order valence-electron chi connectivity index (χ4n) is 2.12. The van der Waals surface area contributed by atoms with Crippen molar-refractivity contribution in [3.63, 3.8) is 0 Å². The van der Waals surface area contributed by atoms with Crippen LogP contribution in [0.2, 0.25) is 10.0 Å². The van der Waals surface area contributed by atoms with Crippen LogP contribution in [-0.2, 0) is 16.6 Å². The molecule has 1 aliphatic carbocycles. The molecule has 2 rings (SSSR count). The van der Waals surface area contributed by atoms with Crippen LogP contribution < -0.4 is 5.32 Å². The van der Waals surface area contributed by atoms with Crippen LogP contribution in [-0.4, -0.2) is 32.9 Å². The predicted molar refractivity (Wildman–Crippen MR) is 86.4 cm³/mol. The molecule has 1 aliphatic rings. The molecule has 0 radical (unpaired) electrons. The van der Waals surface area contributed by atoms with Crippen LogP contribution in [0.15, 0.2) is 17.0 Å². The van der Waals surface area contributed by atoms with Crippen molar-refractivity contribution >= 4 is 33.2 Å². The molecule has 0 unspecified atom stereocenters. The standard InChI is InChI=1S/C14H20Cl2N2O2S/c1-3-17-8-11-12(15)6-7-13(14(11)16)21(19,20)18(2)9-10-4-5-10/h6-7,10,17H,3-5,8-9H2,1-2H3. The highest BCUT2D eigenvalue weighted by Gasteiger charge is 2.31. The van der Waals surface area contributed by atoms with E-state index in [0.29, 0.717) is 29.6 Å². The number of hydrogen-bond donors (Lipinski definition) is 1. The van der Waals surface area contributed by atoms with E-state index < -0.39 is 10.0 Å². The molecule has 0 aliphatic heterocycles. The molecule has 1 aromatic rings. The number of sulfonamides is 1. The number of nitrogens with zero attached hydrogens (tertiary/aromatic N) is 1. The van der Waals surface area contributed by atoms with Gasteiger partial charge in [-0.05, 0) is 37.4 Å². The van der Waals surface area contributed by atoms with E-state index in [0.717, 1.165) is 19.4 Å². The van der Waals surface area contributed by atoms with Gasteiger partial charge in [-0.15, -0.1) is 0 Å². The molecule has 21 heavy (non-hydrogen) atoms. The molecule has 0 atom stereocenters. The van der Waals surface area contributed by atoms with Gasteiger partial charge in [-0.3, -0.25) is 0 Å². The third kappa shape index (κ3) is 3.90. The van der Waals surface area contributed by atoms with E-state index in [9.17, 15) is 8.42 Å². The van der Waals surface area contributed by atoms with Crippen molar-refractivity contribution in [3.05, 3.63) is 27.7 Å². The first-order valence-corrected chi connectivity index (χ1v) is 9.21. The Labute approximate surface area is 136 Å². The van der Waals surface area contributed by atoms with E-state index in [4.69, 9.17) is 23.2 Å². The molecule has 4 nitrogen and oxygen atoms in total. The van der Waals surface area contributed by atoms with Crippen molar-refractivity contribution in [3.8, 4) is 0 Å². The molecule has 1 N–H and O–H groups in total. The molecule has 1 saturated carbocycles. The molecule has 0 spiro atoms. The third-order valence-corrected chi connectivity index (χ3v) is 6.37. The van der Waals surface area contributed by atoms with Crippen molar-refractivity contribution in [2.75, 3.05) is 20.1 Å². The van der Waals surface area contributed by atoms with Crippen molar-refractivity contribution < 1.29 is 8.42 Å². The first-order chi connectivity index (χ1) is 9.87. The molecular formula is C14H20Cl2N2O2S. The summed E-state index contributed by atoms with van der Waals surface area (Å²) in [5.74, 6) is 0.483. The average molecular weight is 351 g/mol. The van der Waals surface area contributed by atoms with Crippen LogP contribution in [0.1, 0.15) is 25.3 Å². The summed E-state index contributed by atoms with van der Waals surface area (Å²) in [4.78, 5) is 0.129. The molecule has 0 saturated heterocycles. The zero-order valence-electron chi connectivity index (χ0n) is 12.2. The maximum absolute atomic E-state index is 12.6. The average Bonchev–Trinajstić information content (AvgIpc) is 3.22. The number of hydrogen-bond acceptors (Lipinski definition) is 3. The lowest BCUT2D eigenvalue weighted by Gasteiger charge is -2.19. The SMILES string of the molecule is CCNCc1c(Cl)ccc(S(=O)(=O)N(C)CC2CC2)c1Cl. The van der Waals surface area contributed by atoms with E-state index >= 15 is 0 Å². The highest BCUT2D eigenvalue weighted by Crippen LogP contribution is 2.35. The Kier molecular flexibility index (Phi) is 5.54. The van der Waals surface area contributed by atoms with Gasteiger partial charge in [0, 0.05) is 30.7 Å². The fourth-order valence-corrected chi connectivity index (χ4v) is 4.25. The lowest BCUT2D eigenvalue weighted by molar-refractivity contribution is 0.453. The van der Waals surface area contributed by atoms with Gasteiger partial charge in [0.05, 0.1) is 5.02 Å². The van der Waals surface area contributed by atoms with Crippen molar-refractivity contribution in [2.45, 2.75) is 31.2 Å². The smallest absolute Gasteiger partial charge is 0.244 e. The van der Waals surface area contributed by atoms with E-state index in [-0.39, 0.29) is 9.92 Å². The van der Waals surface area contributed by atoms with Crippen LogP contribution in [0.25, 0.3) is 0 Å². The van der Waals surface area contributed by atoms with Gasteiger partial charge in [-0.1, -0.05) is 30.1 Å². The zero-order chi connectivity index (χ0) is 15.6. The Hall–Kier alpha value is -0.330. The third-order valence-electron chi connectivity index (χ3n) is 3.60. The van der Waals surface area contributed by atoms with Crippen LogP contribution in [0.3, 0.4) is 0 Å². The number of benzene rings is 1. The second-order valence-electron chi connectivity index (χ2n) is 5.35. The molecule has 0 bridgehead atoms. The van der Waals surface area contributed by atoms with Gasteiger partial charge >= 0.3 is 0 Å². The highest BCUT2D eigenvalue weighted by molar-refractivity contribution is 7.89. The maximum Gasteiger partial charge on any atom is 0.244 e. The Balaban J connectivity index is 2.33. The van der Waals surface area contributed by atoms with Crippen LogP contribution >= 0.6 is 23.2 Å². The summed E-state index contributed by atoms with van der Waals surface area (Å²) in [5, 5.41) is 3.81. The zero-order valence-corrected chi connectivity index (χ0v) is 14.5. The monoisotopic (exact) mass is 350 g/mol. The van der Waals surface area contributed by atoms with E-state index in [1.165, 1.54) is 10.4 Å². The predicted octanol–water partition coefficient (Wildman–Crippen LogP) is 3.13. The van der Waals surface area contributed by atoms with Crippen LogP contribution in [0.5, 0.6) is 0 Å². The van der Waals surface area contributed by atoms with Gasteiger partial charge < -0.3 is 5.32 Å². The number of nitrogens with one attached hydrogen (secondary N) is 1. The van der Waals surface area contributed by atoms with E-state index in [2.05, 4.69) is 5.32 Å². The molecule has 7 heteroatoms. The molecule has 1 aromatic carbocycles. The summed E-state index contributed by atoms with van der Waals surface area (Å²) in [6.45, 7) is 3.71. The largest absolute Gasteiger partial charge is 0.313 e. The first kappa shape index (κ1) is 17.0. The van der Waals surface area contributed by atoms with Crippen LogP contribution in [0.4, 0.5) is 0 Å². The fraction of sp³-hybridized carbons (Fsp3) is 0.571.